The van der Waals surface area contributed by atoms with Crippen molar-refractivity contribution in [3.05, 3.63) is 89.1 Å². The number of urea groups is 1. The molecule has 0 fully saturated rings. The minimum absolute atomic E-state index is 0. The van der Waals surface area contributed by atoms with Gasteiger partial charge < -0.3 is 10.2 Å². The van der Waals surface area contributed by atoms with Gasteiger partial charge in [-0.2, -0.15) is 21.9 Å². The first-order valence-corrected chi connectivity index (χ1v) is 13.9. The fourth-order valence-corrected chi connectivity index (χ4v) is 5.60. The number of halogens is 2. The van der Waals surface area contributed by atoms with E-state index in [1.54, 1.807) is 24.3 Å². The molecule has 0 saturated heterocycles. The predicted octanol–water partition coefficient (Wildman–Crippen LogP) is 3.61. The highest BCUT2D eigenvalue weighted by atomic mass is 32.2. The van der Waals surface area contributed by atoms with E-state index in [1.165, 1.54) is 18.1 Å². The van der Waals surface area contributed by atoms with Crippen molar-refractivity contribution in [2.45, 2.75) is 38.6 Å². The first-order valence-electron chi connectivity index (χ1n) is 12.4. The van der Waals surface area contributed by atoms with Crippen molar-refractivity contribution in [2.24, 2.45) is 0 Å². The lowest BCUT2D eigenvalue weighted by Gasteiger charge is -2.26. The lowest BCUT2D eigenvalue weighted by molar-refractivity contribution is -0.120. The number of carbonyl (C=O) groups excluding carboxylic acids is 2. The van der Waals surface area contributed by atoms with Crippen LogP contribution in [0.2, 0.25) is 0 Å². The smallest absolute Gasteiger partial charge is 0.325 e. The normalized spacial score (nSPS) is 13.2. The maximum absolute atomic E-state index is 13.9. The Morgan fingerprint density at radius 3 is 2.40 bits per heavy atom. The Kier molecular flexibility index (Phi) is 10.1. The van der Waals surface area contributed by atoms with Gasteiger partial charge in [0.2, 0.25) is 5.91 Å². The predicted molar refractivity (Wildman–Crippen MR) is 154 cm³/mol. The van der Waals surface area contributed by atoms with Crippen LogP contribution in [0.25, 0.3) is 0 Å². The minimum atomic E-state index is -4.35. The molecule has 1 aliphatic heterocycles. The molecule has 2 heterocycles. The molecule has 1 atom stereocenters. The van der Waals surface area contributed by atoms with E-state index in [2.05, 4.69) is 17.2 Å². The molecule has 40 heavy (non-hydrogen) atoms. The number of benzene rings is 2. The van der Waals surface area contributed by atoms with Gasteiger partial charge in [0, 0.05) is 38.0 Å². The Hall–Kier alpha value is -3.71. The second-order valence-electron chi connectivity index (χ2n) is 9.24. The summed E-state index contributed by atoms with van der Waals surface area (Å²) in [5.41, 5.74) is 2.45. The van der Waals surface area contributed by atoms with Crippen molar-refractivity contribution >= 4 is 47.1 Å². The van der Waals surface area contributed by atoms with Gasteiger partial charge in [-0.3, -0.25) is 4.79 Å². The zero-order valence-electron chi connectivity index (χ0n) is 22.0. The third-order valence-corrected chi connectivity index (χ3v) is 7.74. The van der Waals surface area contributed by atoms with Gasteiger partial charge in [-0.25, -0.2) is 27.6 Å². The van der Waals surface area contributed by atoms with Gasteiger partial charge in [0.15, 0.2) is 0 Å². The molecule has 0 aliphatic carbocycles. The average Bonchev–Trinajstić information content (AvgIpc) is 3.33. The summed E-state index contributed by atoms with van der Waals surface area (Å²) in [5, 5.41) is 2.38. The molecule has 0 saturated carbocycles. The lowest BCUT2D eigenvalue weighted by Crippen LogP contribution is -2.54. The molecule has 0 bridgehead atoms. The minimum Gasteiger partial charge on any atom is -0.325 e. The van der Waals surface area contributed by atoms with Crippen LogP contribution in [-0.4, -0.2) is 45.0 Å². The van der Waals surface area contributed by atoms with Crippen LogP contribution in [-0.2, 0) is 34.3 Å². The molecule has 4 rings (SSSR count). The SMILES string of the molecule is CCCc1ccc(N(C)C(=O)[C@H](Cc2cc(F)cc(F)c2)NC(=O)NS(=O)(=O)N2CCc3cccnc32)cc1.S. The molecule has 13 heteroatoms. The topological polar surface area (TPSA) is 112 Å². The number of carbonyl (C=O) groups is 2. The van der Waals surface area contributed by atoms with E-state index in [4.69, 9.17) is 0 Å². The summed E-state index contributed by atoms with van der Waals surface area (Å²) < 4.78 is 56.5. The summed E-state index contributed by atoms with van der Waals surface area (Å²) in [6, 6.07) is 11.0. The maximum Gasteiger partial charge on any atom is 0.330 e. The summed E-state index contributed by atoms with van der Waals surface area (Å²) in [7, 11) is -2.85. The highest BCUT2D eigenvalue weighted by molar-refractivity contribution is 7.91. The molecule has 214 valence electrons. The molecule has 3 aromatic rings. The van der Waals surface area contributed by atoms with Crippen LogP contribution in [0.4, 0.5) is 25.1 Å². The molecule has 1 aliphatic rings. The van der Waals surface area contributed by atoms with Crippen LogP contribution >= 0.6 is 13.5 Å². The molecule has 0 unspecified atom stereocenters. The number of aryl methyl sites for hydroxylation is 1. The van der Waals surface area contributed by atoms with Crippen molar-refractivity contribution in [1.82, 2.24) is 15.0 Å². The zero-order valence-corrected chi connectivity index (χ0v) is 23.8. The van der Waals surface area contributed by atoms with Crippen molar-refractivity contribution < 1.29 is 26.8 Å². The van der Waals surface area contributed by atoms with E-state index in [-0.39, 0.29) is 37.8 Å². The highest BCUT2D eigenvalue weighted by Gasteiger charge is 2.33. The van der Waals surface area contributed by atoms with Crippen molar-refractivity contribution in [2.75, 3.05) is 22.8 Å². The van der Waals surface area contributed by atoms with E-state index in [1.807, 2.05) is 16.9 Å². The third-order valence-electron chi connectivity index (χ3n) is 6.36. The Morgan fingerprint density at radius 2 is 1.75 bits per heavy atom. The van der Waals surface area contributed by atoms with Gasteiger partial charge in [0.05, 0.1) is 0 Å². The van der Waals surface area contributed by atoms with Crippen LogP contribution < -0.4 is 19.2 Å². The first-order chi connectivity index (χ1) is 18.6. The Labute approximate surface area is 239 Å². The van der Waals surface area contributed by atoms with Crippen LogP contribution in [0.5, 0.6) is 0 Å². The molecule has 2 N–H and O–H groups in total. The number of fused-ring (bicyclic) bond motifs is 1. The second kappa shape index (κ2) is 13.1. The maximum atomic E-state index is 13.9. The number of pyridine rings is 1. The number of likely N-dealkylation sites (N-methyl/N-ethyl adjacent to an activating group) is 1. The summed E-state index contributed by atoms with van der Waals surface area (Å²) in [4.78, 5) is 31.7. The summed E-state index contributed by atoms with van der Waals surface area (Å²) in [5.74, 6) is -2.08. The average molecular weight is 592 g/mol. The second-order valence-corrected chi connectivity index (χ2v) is 10.8. The largest absolute Gasteiger partial charge is 0.330 e. The van der Waals surface area contributed by atoms with Crippen molar-refractivity contribution in [3.63, 3.8) is 0 Å². The van der Waals surface area contributed by atoms with E-state index in [9.17, 15) is 26.8 Å². The molecule has 0 spiro atoms. The number of nitrogens with zero attached hydrogens (tertiary/aromatic N) is 3. The summed E-state index contributed by atoms with van der Waals surface area (Å²) in [6.45, 7) is 2.15. The molecule has 3 amide bonds. The van der Waals surface area contributed by atoms with Crippen LogP contribution in [0, 0.1) is 11.6 Å². The number of anilines is 2. The molecular formula is C27H31F2N5O4S2. The molecular weight excluding hydrogens is 560 g/mol. The van der Waals surface area contributed by atoms with E-state index in [0.717, 1.165) is 40.4 Å². The lowest BCUT2D eigenvalue weighted by atomic mass is 10.0. The molecule has 2 aromatic carbocycles. The monoisotopic (exact) mass is 591 g/mol. The fourth-order valence-electron chi connectivity index (χ4n) is 4.47. The Bertz CT molecular complexity index is 1450. The highest BCUT2D eigenvalue weighted by Crippen LogP contribution is 2.26. The van der Waals surface area contributed by atoms with Crippen LogP contribution in [0.15, 0.2) is 60.8 Å². The van der Waals surface area contributed by atoms with Gasteiger partial charge in [-0.15, -0.1) is 0 Å². The third kappa shape index (κ3) is 7.27. The van der Waals surface area contributed by atoms with Gasteiger partial charge in [0.25, 0.3) is 0 Å². The summed E-state index contributed by atoms with van der Waals surface area (Å²) >= 11 is 0. The van der Waals surface area contributed by atoms with Gasteiger partial charge >= 0.3 is 16.2 Å². The fraction of sp³-hybridized carbons (Fsp3) is 0.296. The Balaban J connectivity index is 0.00000441. The van der Waals surface area contributed by atoms with Gasteiger partial charge in [0.1, 0.15) is 23.5 Å². The molecule has 9 nitrogen and oxygen atoms in total. The van der Waals surface area contributed by atoms with E-state index < -0.39 is 39.8 Å². The number of amides is 3. The zero-order chi connectivity index (χ0) is 28.2. The van der Waals surface area contributed by atoms with E-state index >= 15 is 0 Å². The number of nitrogens with one attached hydrogen (secondary N) is 2. The molecule has 1 aromatic heterocycles. The van der Waals surface area contributed by atoms with E-state index in [0.29, 0.717) is 18.2 Å². The quantitative estimate of drug-likeness (QED) is 0.395. The van der Waals surface area contributed by atoms with Crippen molar-refractivity contribution in [3.8, 4) is 0 Å². The number of hydrogen-bond acceptors (Lipinski definition) is 5. The number of hydrogen-bond donors (Lipinski definition) is 2. The Morgan fingerprint density at radius 1 is 1.07 bits per heavy atom. The molecule has 0 radical (unpaired) electrons. The summed E-state index contributed by atoms with van der Waals surface area (Å²) in [6.07, 6.45) is 3.43. The first kappa shape index (κ1) is 30.8. The standard InChI is InChI=1S/C27H29F2N5O4S.H2S/c1-3-5-18-7-9-23(10-8-18)33(2)26(35)24(16-19-14-21(28)17-22(29)15-19)31-27(36)32-39(37,38)34-13-11-20-6-4-12-30-25(20)34;/h4,6-10,12,14-15,17,24H,3,5,11,13,16H2,1-2H3,(H2,31,32,36);1H2/t24-;/m0./s1. The number of aromatic nitrogens is 1. The number of rotatable bonds is 9. The van der Waals surface area contributed by atoms with Crippen LogP contribution in [0.3, 0.4) is 0 Å². The van der Waals surface area contributed by atoms with Gasteiger partial charge in [-0.1, -0.05) is 31.5 Å². The van der Waals surface area contributed by atoms with Gasteiger partial charge in [-0.05, 0) is 59.9 Å². The van der Waals surface area contributed by atoms with Crippen LogP contribution in [0.1, 0.15) is 30.0 Å². The van der Waals surface area contributed by atoms with Crippen molar-refractivity contribution in [1.29, 1.82) is 0 Å².